The fraction of sp³-hybridized carbons (Fsp3) is 0.636. The monoisotopic (exact) mass is 343 g/mol. The average molecular weight is 343 g/mol. The molecule has 1 unspecified atom stereocenters. The summed E-state index contributed by atoms with van der Waals surface area (Å²) in [4.78, 5) is 0. The largest absolute Gasteiger partial charge is 0.400 e. The second-order valence-corrected chi connectivity index (χ2v) is 9.22. The minimum absolute atomic E-state index is 0.0739. The van der Waals surface area contributed by atoms with Crippen molar-refractivity contribution in [2.45, 2.75) is 47.3 Å². The van der Waals surface area contributed by atoms with Gasteiger partial charge in [-0.15, -0.1) is 11.3 Å². The number of nitrogens with two attached hydrogens (primary N) is 1. The summed E-state index contributed by atoms with van der Waals surface area (Å²) in [5.41, 5.74) is 0.576. The first-order chi connectivity index (χ1) is 9.23. The van der Waals surface area contributed by atoms with Crippen molar-refractivity contribution >= 4 is 31.2 Å². The number of aryl methyl sites for hydroxylation is 1. The van der Waals surface area contributed by atoms with Crippen LogP contribution in [0.1, 0.15) is 32.8 Å². The highest BCUT2D eigenvalue weighted by molar-refractivity contribution is 7.95. The molecule has 1 aromatic rings. The van der Waals surface area contributed by atoms with Crippen LogP contribution in [0.3, 0.4) is 0 Å². The molecule has 0 saturated heterocycles. The van der Waals surface area contributed by atoms with E-state index < -0.39 is 25.1 Å². The molecule has 0 spiro atoms. The Hall–Kier alpha value is -0.480. The summed E-state index contributed by atoms with van der Waals surface area (Å²) >= 11 is 0.752. The number of hydrogen-bond acceptors (Lipinski definition) is 6. The summed E-state index contributed by atoms with van der Waals surface area (Å²) < 4.78 is 46.2. The van der Waals surface area contributed by atoms with Crippen LogP contribution in [-0.2, 0) is 26.3 Å². The highest BCUT2D eigenvalue weighted by Gasteiger charge is 2.34. The number of rotatable bonds is 1. The van der Waals surface area contributed by atoms with E-state index in [1.54, 1.807) is 6.92 Å². The van der Waals surface area contributed by atoms with Crippen molar-refractivity contribution in [2.75, 3.05) is 7.11 Å². The van der Waals surface area contributed by atoms with E-state index in [2.05, 4.69) is 0 Å². The second kappa shape index (κ2) is 7.51. The molecule has 0 radical (unpaired) electrons. The molecule has 1 aliphatic rings. The quantitative estimate of drug-likeness (QED) is 0.793. The van der Waals surface area contributed by atoms with E-state index in [9.17, 15) is 16.8 Å². The van der Waals surface area contributed by atoms with Crippen molar-refractivity contribution in [3.63, 3.8) is 0 Å². The first-order valence-corrected chi connectivity index (χ1v) is 9.98. The summed E-state index contributed by atoms with van der Waals surface area (Å²) in [5, 5.41) is 11.5. The van der Waals surface area contributed by atoms with E-state index in [4.69, 9.17) is 10.2 Å². The highest BCUT2D eigenvalue weighted by Crippen LogP contribution is 2.37. The van der Waals surface area contributed by atoms with Gasteiger partial charge in [-0.25, -0.2) is 22.0 Å². The zero-order chi connectivity index (χ0) is 16.1. The Morgan fingerprint density at radius 1 is 1.35 bits per heavy atom. The van der Waals surface area contributed by atoms with E-state index in [1.807, 2.05) is 13.8 Å². The zero-order valence-electron chi connectivity index (χ0n) is 12.0. The lowest BCUT2D eigenvalue weighted by molar-refractivity contribution is 0.399. The minimum atomic E-state index is -3.81. The lowest BCUT2D eigenvalue weighted by Crippen LogP contribution is -2.23. The van der Waals surface area contributed by atoms with Crippen LogP contribution in [0.15, 0.2) is 14.5 Å². The van der Waals surface area contributed by atoms with Crippen LogP contribution < -0.4 is 5.14 Å². The second-order valence-electron chi connectivity index (χ2n) is 3.82. The normalized spacial score (nSPS) is 19.8. The van der Waals surface area contributed by atoms with Gasteiger partial charge in [0.2, 0.25) is 10.0 Å². The lowest BCUT2D eigenvalue weighted by atomic mass is 10.1. The van der Waals surface area contributed by atoms with Crippen LogP contribution in [0.4, 0.5) is 0 Å². The van der Waals surface area contributed by atoms with Crippen LogP contribution in [0.25, 0.3) is 0 Å². The summed E-state index contributed by atoms with van der Waals surface area (Å²) in [6, 6.07) is 1.37. The van der Waals surface area contributed by atoms with Crippen molar-refractivity contribution in [1.82, 2.24) is 0 Å². The van der Waals surface area contributed by atoms with Gasteiger partial charge in [-0.1, -0.05) is 13.8 Å². The topological polar surface area (TPSA) is 115 Å². The van der Waals surface area contributed by atoms with Crippen LogP contribution in [0, 0.1) is 0 Å². The average Bonchev–Trinajstić information content (AvgIpc) is 2.85. The molecule has 6 nitrogen and oxygen atoms in total. The molecule has 9 heteroatoms. The molecule has 20 heavy (non-hydrogen) atoms. The number of aliphatic hydroxyl groups excluding tert-OH is 1. The lowest BCUT2D eigenvalue weighted by Gasteiger charge is -2.17. The number of aliphatic hydroxyl groups is 1. The van der Waals surface area contributed by atoms with Gasteiger partial charge in [0.25, 0.3) is 0 Å². The number of sulfonamides is 1. The predicted octanol–water partition coefficient (Wildman–Crippen LogP) is 1.14. The third-order valence-electron chi connectivity index (χ3n) is 2.64. The van der Waals surface area contributed by atoms with E-state index >= 15 is 0 Å². The zero-order valence-corrected chi connectivity index (χ0v) is 14.4. The Kier molecular flexibility index (Phi) is 7.33. The fourth-order valence-corrected chi connectivity index (χ4v) is 6.04. The van der Waals surface area contributed by atoms with Gasteiger partial charge in [-0.3, -0.25) is 0 Å². The predicted molar refractivity (Wildman–Crippen MR) is 80.2 cm³/mol. The Bertz CT molecular complexity index is 631. The van der Waals surface area contributed by atoms with Crippen molar-refractivity contribution in [3.8, 4) is 0 Å². The number of fused-ring (bicyclic) bond motifs is 1. The van der Waals surface area contributed by atoms with Crippen LogP contribution >= 0.6 is 11.3 Å². The molecule has 118 valence electrons. The maximum atomic E-state index is 11.9. The Morgan fingerprint density at radius 3 is 2.30 bits per heavy atom. The van der Waals surface area contributed by atoms with E-state index in [0.717, 1.165) is 18.4 Å². The van der Waals surface area contributed by atoms with Crippen LogP contribution in [0.5, 0.6) is 0 Å². The van der Waals surface area contributed by atoms with E-state index in [-0.39, 0.29) is 8.42 Å². The molecule has 2 rings (SSSR count). The fourth-order valence-electron chi connectivity index (χ4n) is 1.64. The van der Waals surface area contributed by atoms with Crippen molar-refractivity contribution in [3.05, 3.63) is 11.6 Å². The summed E-state index contributed by atoms with van der Waals surface area (Å²) in [7, 11) is -6.17. The van der Waals surface area contributed by atoms with Crippen LogP contribution in [-0.4, -0.2) is 34.3 Å². The molecule has 1 aliphatic heterocycles. The molecule has 0 fully saturated rings. The maximum absolute atomic E-state index is 11.9. The van der Waals surface area contributed by atoms with Crippen LogP contribution in [0.2, 0.25) is 0 Å². The Labute approximate surface area is 124 Å². The SMILES string of the molecule is CC.CC1CCc2cc(S(N)(=O)=O)sc2S1(=O)=O.CO. The number of thiophene rings is 1. The van der Waals surface area contributed by atoms with Gasteiger partial charge in [0, 0.05) is 7.11 Å². The van der Waals surface area contributed by atoms with Crippen molar-refractivity contribution in [1.29, 1.82) is 0 Å². The molecule has 0 bridgehead atoms. The van der Waals surface area contributed by atoms with Gasteiger partial charge in [0.05, 0.1) is 5.25 Å². The smallest absolute Gasteiger partial charge is 0.247 e. The van der Waals surface area contributed by atoms with E-state index in [1.165, 1.54) is 6.07 Å². The van der Waals surface area contributed by atoms with Gasteiger partial charge < -0.3 is 5.11 Å². The Balaban J connectivity index is 0.000000829. The first-order valence-electron chi connectivity index (χ1n) is 6.07. The first kappa shape index (κ1) is 19.5. The van der Waals surface area contributed by atoms with Crippen molar-refractivity contribution < 1.29 is 21.9 Å². The number of primary sulfonamides is 1. The van der Waals surface area contributed by atoms with Gasteiger partial charge in [0.15, 0.2) is 9.84 Å². The van der Waals surface area contributed by atoms with Gasteiger partial charge in [-0.2, -0.15) is 0 Å². The van der Waals surface area contributed by atoms with Gasteiger partial charge in [0.1, 0.15) is 8.42 Å². The summed E-state index contributed by atoms with van der Waals surface area (Å²) in [6.45, 7) is 5.63. The Morgan fingerprint density at radius 2 is 1.85 bits per heavy atom. The van der Waals surface area contributed by atoms with Gasteiger partial charge >= 0.3 is 0 Å². The molecule has 0 amide bonds. The molecule has 2 heterocycles. The van der Waals surface area contributed by atoms with Gasteiger partial charge in [-0.05, 0) is 31.4 Å². The summed E-state index contributed by atoms with van der Waals surface area (Å²) in [6.07, 6.45) is 1.11. The molecular formula is C11H21NO5S3. The van der Waals surface area contributed by atoms with E-state index in [0.29, 0.717) is 18.4 Å². The maximum Gasteiger partial charge on any atom is 0.247 e. The molecule has 0 saturated carbocycles. The third-order valence-corrected chi connectivity index (χ3v) is 8.05. The number of hydrogen-bond donors (Lipinski definition) is 2. The molecular weight excluding hydrogens is 322 g/mol. The molecule has 0 aromatic carbocycles. The van der Waals surface area contributed by atoms with Crippen molar-refractivity contribution in [2.24, 2.45) is 5.14 Å². The molecule has 0 aliphatic carbocycles. The highest BCUT2D eigenvalue weighted by atomic mass is 32.3. The third kappa shape index (κ3) is 4.01. The standard InChI is InChI=1S/C8H11NO4S3.C2H6.CH4O/c1-5-2-3-6-4-7(16(9,12)13)14-8(6)15(5,10)11;2*1-2/h4-5H,2-3H2,1H3,(H2,9,12,13);1-2H3;2H,1H3. The molecule has 1 aromatic heterocycles. The summed E-state index contributed by atoms with van der Waals surface area (Å²) in [5.74, 6) is 0. The minimum Gasteiger partial charge on any atom is -0.400 e. The molecule has 1 atom stereocenters. The number of sulfone groups is 1. The molecule has 3 N–H and O–H groups in total.